The molecule has 2 aromatic rings. The van der Waals surface area contributed by atoms with E-state index in [0.717, 1.165) is 31.5 Å². The normalized spacial score (nSPS) is 16.6. The quantitative estimate of drug-likeness (QED) is 0.742. The topological polar surface area (TPSA) is 69.7 Å². The molecule has 2 heterocycles. The molecule has 6 heteroatoms. The van der Waals surface area contributed by atoms with Crippen LogP contribution in [0.2, 0.25) is 0 Å². The fourth-order valence-electron chi connectivity index (χ4n) is 4.18. The lowest BCUT2D eigenvalue weighted by Crippen LogP contribution is -2.34. The van der Waals surface area contributed by atoms with Crippen molar-refractivity contribution in [3.05, 3.63) is 65.4 Å². The van der Waals surface area contributed by atoms with E-state index in [1.54, 1.807) is 24.3 Å². The summed E-state index contributed by atoms with van der Waals surface area (Å²) in [7, 11) is 0. The maximum Gasteiger partial charge on any atom is 0.282 e. The molecular weight excluding hydrogens is 390 g/mol. The second-order valence-corrected chi connectivity index (χ2v) is 8.37. The lowest BCUT2D eigenvalue weighted by atomic mass is 10.0. The summed E-state index contributed by atoms with van der Waals surface area (Å²) in [6, 6.07) is 14.7. The Morgan fingerprint density at radius 2 is 1.52 bits per heavy atom. The average Bonchev–Trinajstić information content (AvgIpc) is 3.34. The van der Waals surface area contributed by atoms with Crippen molar-refractivity contribution < 1.29 is 14.4 Å². The zero-order valence-corrected chi connectivity index (χ0v) is 18.1. The third-order valence-corrected chi connectivity index (χ3v) is 5.79. The van der Waals surface area contributed by atoms with E-state index < -0.39 is 0 Å². The van der Waals surface area contributed by atoms with Gasteiger partial charge in [0.25, 0.3) is 11.8 Å². The van der Waals surface area contributed by atoms with Gasteiger partial charge >= 0.3 is 0 Å². The zero-order valence-electron chi connectivity index (χ0n) is 18.1. The van der Waals surface area contributed by atoms with Crippen molar-refractivity contribution in [1.29, 1.82) is 0 Å². The van der Waals surface area contributed by atoms with Crippen LogP contribution < -0.4 is 10.2 Å². The monoisotopic (exact) mass is 417 g/mol. The summed E-state index contributed by atoms with van der Waals surface area (Å²) < 4.78 is 0. The van der Waals surface area contributed by atoms with Gasteiger partial charge in [0.2, 0.25) is 5.91 Å². The van der Waals surface area contributed by atoms with Crippen LogP contribution in [-0.2, 0) is 14.4 Å². The molecule has 0 radical (unpaired) electrons. The summed E-state index contributed by atoms with van der Waals surface area (Å²) in [6.45, 7) is 7.20. The molecule has 6 nitrogen and oxygen atoms in total. The van der Waals surface area contributed by atoms with Gasteiger partial charge < -0.3 is 10.2 Å². The highest BCUT2D eigenvalue weighted by atomic mass is 16.2. The second-order valence-electron chi connectivity index (χ2n) is 8.37. The summed E-state index contributed by atoms with van der Waals surface area (Å²) in [5.41, 5.74) is 3.97. The number of hydrogen-bond acceptors (Lipinski definition) is 4. The number of hydrogen-bond donors (Lipinski definition) is 1. The predicted molar refractivity (Wildman–Crippen MR) is 121 cm³/mol. The first kappa shape index (κ1) is 20.8. The summed E-state index contributed by atoms with van der Waals surface area (Å²) in [6.07, 6.45) is 2.01. The van der Waals surface area contributed by atoms with E-state index in [0.29, 0.717) is 34.1 Å². The minimum Gasteiger partial charge on any atom is -0.366 e. The fourth-order valence-corrected chi connectivity index (χ4v) is 4.18. The van der Waals surface area contributed by atoms with Gasteiger partial charge in [-0.2, -0.15) is 0 Å². The van der Waals surface area contributed by atoms with Gasteiger partial charge in [-0.3, -0.25) is 14.4 Å². The summed E-state index contributed by atoms with van der Waals surface area (Å²) in [4.78, 5) is 41.6. The minimum absolute atomic E-state index is 0.159. The molecule has 0 aromatic heterocycles. The van der Waals surface area contributed by atoms with Crippen molar-refractivity contribution in [2.45, 2.75) is 39.5 Å². The summed E-state index contributed by atoms with van der Waals surface area (Å²) >= 11 is 0. The van der Waals surface area contributed by atoms with E-state index in [4.69, 9.17) is 0 Å². The molecule has 0 spiro atoms. The van der Waals surface area contributed by atoms with Gasteiger partial charge in [0.15, 0.2) is 0 Å². The Labute approximate surface area is 182 Å². The molecule has 2 aromatic carbocycles. The molecule has 4 rings (SSSR count). The minimum atomic E-state index is -0.309. The average molecular weight is 418 g/mol. The van der Waals surface area contributed by atoms with Crippen molar-refractivity contribution >= 4 is 34.7 Å². The fraction of sp³-hybridized carbons (Fsp3) is 0.320. The first-order valence-corrected chi connectivity index (χ1v) is 10.7. The molecule has 0 atom stereocenters. The smallest absolute Gasteiger partial charge is 0.282 e. The molecule has 0 bridgehead atoms. The number of amides is 3. The zero-order chi connectivity index (χ0) is 22.1. The third-order valence-electron chi connectivity index (χ3n) is 5.79. The highest BCUT2D eigenvalue weighted by Gasteiger charge is 2.42. The highest BCUT2D eigenvalue weighted by molar-refractivity contribution is 6.45. The van der Waals surface area contributed by atoms with Gasteiger partial charge in [0.05, 0.1) is 11.3 Å². The predicted octanol–water partition coefficient (Wildman–Crippen LogP) is 4.15. The number of carbonyl (C=O) groups is 3. The Hall–Kier alpha value is -3.41. The van der Waals surface area contributed by atoms with Crippen LogP contribution >= 0.6 is 0 Å². The van der Waals surface area contributed by atoms with E-state index >= 15 is 0 Å². The molecule has 1 N–H and O–H groups in total. The number of rotatable bonds is 5. The molecular formula is C25H27N3O3. The molecule has 2 aliphatic rings. The molecule has 160 valence electrons. The van der Waals surface area contributed by atoms with Crippen LogP contribution in [-0.4, -0.2) is 35.7 Å². The van der Waals surface area contributed by atoms with Crippen molar-refractivity contribution in [3.8, 4) is 0 Å². The number of anilines is 2. The van der Waals surface area contributed by atoms with Crippen molar-refractivity contribution in [2.24, 2.45) is 0 Å². The van der Waals surface area contributed by atoms with Crippen molar-refractivity contribution in [3.63, 3.8) is 0 Å². The Balaban J connectivity index is 1.73. The van der Waals surface area contributed by atoms with E-state index in [-0.39, 0.29) is 17.7 Å². The lowest BCUT2D eigenvalue weighted by molar-refractivity contribution is -0.120. The van der Waals surface area contributed by atoms with Gasteiger partial charge in [0, 0.05) is 25.7 Å². The highest BCUT2D eigenvalue weighted by Crippen LogP contribution is 2.36. The maximum absolute atomic E-state index is 13.5. The Morgan fingerprint density at radius 1 is 0.903 bits per heavy atom. The summed E-state index contributed by atoms with van der Waals surface area (Å²) in [5.74, 6) is -0.371. The van der Waals surface area contributed by atoms with Crippen molar-refractivity contribution in [2.75, 3.05) is 23.3 Å². The van der Waals surface area contributed by atoms with Crippen LogP contribution in [0.4, 0.5) is 11.4 Å². The maximum atomic E-state index is 13.5. The SMILES string of the molecule is CC(=O)Nc1ccc(C2=C(N3CCCC3)C(=O)N(c3ccc(C(C)C)cc3)C2=O)cc1. The van der Waals surface area contributed by atoms with Crippen LogP contribution in [0.25, 0.3) is 5.57 Å². The van der Waals surface area contributed by atoms with Crippen molar-refractivity contribution in [1.82, 2.24) is 4.90 Å². The van der Waals surface area contributed by atoms with Crippen LogP contribution in [0.5, 0.6) is 0 Å². The van der Waals surface area contributed by atoms with Gasteiger partial charge in [-0.05, 0) is 54.2 Å². The largest absolute Gasteiger partial charge is 0.366 e. The Bertz CT molecular complexity index is 1050. The number of benzene rings is 2. The van der Waals surface area contributed by atoms with Gasteiger partial charge in [-0.1, -0.05) is 38.1 Å². The van der Waals surface area contributed by atoms with E-state index in [9.17, 15) is 14.4 Å². The van der Waals surface area contributed by atoms with Gasteiger partial charge in [0.1, 0.15) is 5.70 Å². The number of likely N-dealkylation sites (tertiary alicyclic amines) is 1. The molecule has 0 unspecified atom stereocenters. The van der Waals surface area contributed by atoms with Crippen LogP contribution in [0.15, 0.2) is 54.2 Å². The van der Waals surface area contributed by atoms with E-state index in [1.807, 2.05) is 29.2 Å². The third kappa shape index (κ3) is 3.98. The second kappa shape index (κ2) is 8.38. The molecule has 1 fully saturated rings. The van der Waals surface area contributed by atoms with E-state index in [2.05, 4.69) is 19.2 Å². The Kier molecular flexibility index (Phi) is 5.63. The standard InChI is InChI=1S/C25H27N3O3/c1-16(2)18-8-12-21(13-9-18)28-24(30)22(23(25(28)31)27-14-4-5-15-27)19-6-10-20(11-7-19)26-17(3)29/h6-13,16H,4-5,14-15H2,1-3H3,(H,26,29). The van der Waals surface area contributed by atoms with Crippen LogP contribution in [0.3, 0.4) is 0 Å². The number of nitrogens with zero attached hydrogens (tertiary/aromatic N) is 2. The Morgan fingerprint density at radius 3 is 2.06 bits per heavy atom. The van der Waals surface area contributed by atoms with Gasteiger partial charge in [-0.25, -0.2) is 4.90 Å². The van der Waals surface area contributed by atoms with E-state index in [1.165, 1.54) is 11.8 Å². The molecule has 3 amide bonds. The number of carbonyl (C=O) groups excluding carboxylic acids is 3. The van der Waals surface area contributed by atoms with Crippen LogP contribution in [0, 0.1) is 0 Å². The van der Waals surface area contributed by atoms with Crippen LogP contribution in [0.1, 0.15) is 50.7 Å². The molecule has 0 aliphatic carbocycles. The number of nitrogens with one attached hydrogen (secondary N) is 1. The van der Waals surface area contributed by atoms with Gasteiger partial charge in [-0.15, -0.1) is 0 Å². The molecule has 0 saturated carbocycles. The molecule has 31 heavy (non-hydrogen) atoms. The first-order chi connectivity index (χ1) is 14.9. The number of imide groups is 1. The summed E-state index contributed by atoms with van der Waals surface area (Å²) in [5, 5.41) is 2.73. The molecule has 1 saturated heterocycles. The lowest BCUT2D eigenvalue weighted by Gasteiger charge is -2.20. The first-order valence-electron chi connectivity index (χ1n) is 10.7. The molecule has 2 aliphatic heterocycles.